The molecule has 2 rings (SSSR count). The fourth-order valence-corrected chi connectivity index (χ4v) is 3.12. The summed E-state index contributed by atoms with van der Waals surface area (Å²) in [7, 11) is 0. The first-order chi connectivity index (χ1) is 9.85. The third-order valence-corrected chi connectivity index (χ3v) is 4.28. The number of carbonyl (C=O) groups excluding carboxylic acids is 2. The van der Waals surface area contributed by atoms with Crippen molar-refractivity contribution in [1.82, 2.24) is 4.90 Å². The normalized spacial score (nSPS) is 16.9. The third kappa shape index (κ3) is 3.04. The predicted octanol–water partition coefficient (Wildman–Crippen LogP) is 3.96. The molecule has 1 saturated heterocycles. The van der Waals surface area contributed by atoms with Crippen LogP contribution in [0.15, 0.2) is 17.0 Å². The average Bonchev–Trinajstić information content (AvgIpc) is 2.66. The molecule has 6 nitrogen and oxygen atoms in total. The number of imide groups is 1. The van der Waals surface area contributed by atoms with Crippen LogP contribution in [0.2, 0.25) is 10.0 Å². The van der Waals surface area contributed by atoms with Gasteiger partial charge in [-0.25, -0.2) is 0 Å². The first kappa shape index (κ1) is 15.8. The second-order valence-electron chi connectivity index (χ2n) is 4.01. The van der Waals surface area contributed by atoms with Crippen LogP contribution in [0.3, 0.4) is 0 Å². The molecule has 0 N–H and O–H groups in total. The highest BCUT2D eigenvalue weighted by atomic mass is 35.5. The fraction of sp³-hybridized carbons (Fsp3) is 0.167. The predicted molar refractivity (Wildman–Crippen MR) is 81.5 cm³/mol. The lowest BCUT2D eigenvalue weighted by Crippen LogP contribution is -2.27. The van der Waals surface area contributed by atoms with Crippen molar-refractivity contribution < 1.29 is 14.5 Å². The molecule has 0 bridgehead atoms. The lowest BCUT2D eigenvalue weighted by molar-refractivity contribution is -0.384. The van der Waals surface area contributed by atoms with Crippen LogP contribution in [0.4, 0.5) is 10.5 Å². The van der Waals surface area contributed by atoms with Crippen molar-refractivity contribution in [3.05, 3.63) is 42.8 Å². The summed E-state index contributed by atoms with van der Waals surface area (Å²) in [5, 5.41) is 10.5. The Kier molecular flexibility index (Phi) is 4.55. The van der Waals surface area contributed by atoms with Gasteiger partial charge in [-0.3, -0.25) is 24.6 Å². The molecule has 1 aromatic carbocycles. The summed E-state index contributed by atoms with van der Waals surface area (Å²) in [6, 6.07) is 2.40. The average molecular weight is 347 g/mol. The van der Waals surface area contributed by atoms with E-state index >= 15 is 0 Å². The zero-order chi connectivity index (χ0) is 15.7. The number of carbonyl (C=O) groups is 2. The van der Waals surface area contributed by atoms with E-state index in [0.29, 0.717) is 0 Å². The third-order valence-electron chi connectivity index (χ3n) is 2.74. The Bertz CT molecular complexity index is 690. The number of amides is 2. The highest BCUT2D eigenvalue weighted by Gasteiger charge is 2.34. The number of nitro groups is 1. The van der Waals surface area contributed by atoms with Gasteiger partial charge in [0.05, 0.1) is 9.83 Å². The van der Waals surface area contributed by atoms with Gasteiger partial charge in [0.25, 0.3) is 16.8 Å². The van der Waals surface area contributed by atoms with E-state index < -0.39 is 10.8 Å². The minimum atomic E-state index is -0.645. The van der Waals surface area contributed by atoms with Gasteiger partial charge in [-0.2, -0.15) is 0 Å². The fourth-order valence-electron chi connectivity index (χ4n) is 1.72. The topological polar surface area (TPSA) is 80.5 Å². The van der Waals surface area contributed by atoms with Crippen molar-refractivity contribution in [3.63, 3.8) is 0 Å². The Morgan fingerprint density at radius 3 is 2.52 bits per heavy atom. The van der Waals surface area contributed by atoms with Crippen LogP contribution in [0, 0.1) is 10.1 Å². The SMILES string of the molecule is CCN1C(=O)S/C(=C\c2cc([N+](=O)[O-])c(Cl)cc2Cl)C1=O. The van der Waals surface area contributed by atoms with Gasteiger partial charge in [0.1, 0.15) is 5.02 Å². The van der Waals surface area contributed by atoms with Gasteiger partial charge in [-0.05, 0) is 30.8 Å². The lowest BCUT2D eigenvalue weighted by atomic mass is 10.2. The maximum Gasteiger partial charge on any atom is 0.293 e. The van der Waals surface area contributed by atoms with Crippen molar-refractivity contribution >= 4 is 57.9 Å². The van der Waals surface area contributed by atoms with Gasteiger partial charge in [-0.1, -0.05) is 23.2 Å². The lowest BCUT2D eigenvalue weighted by Gasteiger charge is -2.07. The van der Waals surface area contributed by atoms with Crippen molar-refractivity contribution in [2.75, 3.05) is 6.54 Å². The summed E-state index contributed by atoms with van der Waals surface area (Å²) < 4.78 is 0. The van der Waals surface area contributed by atoms with Crippen LogP contribution in [0.5, 0.6) is 0 Å². The minimum Gasteiger partial charge on any atom is -0.269 e. The number of nitrogens with zero attached hydrogens (tertiary/aromatic N) is 2. The molecule has 0 spiro atoms. The Balaban J connectivity index is 2.47. The molecule has 1 heterocycles. The molecule has 0 unspecified atom stereocenters. The van der Waals surface area contributed by atoms with E-state index in [1.807, 2.05) is 0 Å². The molecule has 0 saturated carbocycles. The van der Waals surface area contributed by atoms with Gasteiger partial charge >= 0.3 is 0 Å². The number of benzene rings is 1. The summed E-state index contributed by atoms with van der Waals surface area (Å²) in [6.45, 7) is 1.94. The molecule has 2 amide bonds. The van der Waals surface area contributed by atoms with E-state index in [0.717, 1.165) is 16.7 Å². The molecule has 0 aliphatic carbocycles. The van der Waals surface area contributed by atoms with E-state index in [4.69, 9.17) is 23.2 Å². The van der Waals surface area contributed by atoms with E-state index in [2.05, 4.69) is 0 Å². The van der Waals surface area contributed by atoms with Gasteiger partial charge in [0, 0.05) is 23.2 Å². The Labute approximate surface area is 133 Å². The van der Waals surface area contributed by atoms with E-state index in [9.17, 15) is 19.7 Å². The second kappa shape index (κ2) is 6.05. The molecule has 110 valence electrons. The van der Waals surface area contributed by atoms with E-state index in [1.54, 1.807) is 6.92 Å². The highest BCUT2D eigenvalue weighted by Crippen LogP contribution is 2.36. The van der Waals surface area contributed by atoms with Crippen molar-refractivity contribution in [2.45, 2.75) is 6.92 Å². The number of nitro benzene ring substituents is 1. The maximum atomic E-state index is 12.0. The molecular weight excluding hydrogens is 339 g/mol. The van der Waals surface area contributed by atoms with Gasteiger partial charge in [-0.15, -0.1) is 0 Å². The van der Waals surface area contributed by atoms with Gasteiger partial charge < -0.3 is 0 Å². The zero-order valence-corrected chi connectivity index (χ0v) is 13.0. The summed E-state index contributed by atoms with van der Waals surface area (Å²) in [5.74, 6) is -0.443. The van der Waals surface area contributed by atoms with Crippen molar-refractivity contribution in [1.29, 1.82) is 0 Å². The second-order valence-corrected chi connectivity index (χ2v) is 5.82. The molecule has 1 aliphatic rings. The highest BCUT2D eigenvalue weighted by molar-refractivity contribution is 8.18. The molecule has 1 fully saturated rings. The van der Waals surface area contributed by atoms with Crippen LogP contribution in [-0.4, -0.2) is 27.5 Å². The smallest absolute Gasteiger partial charge is 0.269 e. The number of hydrogen-bond acceptors (Lipinski definition) is 5. The van der Waals surface area contributed by atoms with Crippen molar-refractivity contribution in [2.24, 2.45) is 0 Å². The Hall–Kier alpha value is -1.57. The first-order valence-corrected chi connectivity index (χ1v) is 7.31. The molecule has 0 aromatic heterocycles. The number of hydrogen-bond donors (Lipinski definition) is 0. The van der Waals surface area contributed by atoms with Crippen LogP contribution >= 0.6 is 35.0 Å². The van der Waals surface area contributed by atoms with Crippen LogP contribution in [0.25, 0.3) is 6.08 Å². The summed E-state index contributed by atoms with van der Waals surface area (Å²) in [6.07, 6.45) is 1.35. The number of likely N-dealkylation sites (N-methyl/N-ethyl adjacent to an activating group) is 1. The number of halogens is 2. The van der Waals surface area contributed by atoms with Gasteiger partial charge in [0.2, 0.25) is 0 Å². The molecule has 9 heteroatoms. The summed E-state index contributed by atoms with van der Waals surface area (Å²) >= 11 is 12.5. The molecule has 21 heavy (non-hydrogen) atoms. The zero-order valence-electron chi connectivity index (χ0n) is 10.6. The summed E-state index contributed by atoms with van der Waals surface area (Å²) in [4.78, 5) is 35.0. The standard InChI is InChI=1S/C12H8Cl2N2O4S/c1-2-15-11(17)10(21-12(15)18)4-6-3-9(16(19)20)8(14)5-7(6)13/h3-5H,2H2,1H3/b10-4-. The maximum absolute atomic E-state index is 12.0. The van der Waals surface area contributed by atoms with Crippen LogP contribution in [0.1, 0.15) is 12.5 Å². The first-order valence-electron chi connectivity index (χ1n) is 5.74. The molecular formula is C12H8Cl2N2O4S. The monoisotopic (exact) mass is 346 g/mol. The molecule has 1 aliphatic heterocycles. The Morgan fingerprint density at radius 1 is 1.33 bits per heavy atom. The van der Waals surface area contributed by atoms with Crippen LogP contribution in [-0.2, 0) is 4.79 Å². The largest absolute Gasteiger partial charge is 0.293 e. The quantitative estimate of drug-likeness (QED) is 0.470. The van der Waals surface area contributed by atoms with E-state index in [-0.39, 0.29) is 38.0 Å². The number of rotatable bonds is 3. The number of thioether (sulfide) groups is 1. The summed E-state index contributed by atoms with van der Waals surface area (Å²) in [5.41, 5.74) is -0.0589. The minimum absolute atomic E-state index is 0.0937. The molecule has 1 aromatic rings. The van der Waals surface area contributed by atoms with E-state index in [1.165, 1.54) is 18.2 Å². The van der Waals surface area contributed by atoms with Crippen LogP contribution < -0.4 is 0 Å². The molecule has 0 radical (unpaired) electrons. The Morgan fingerprint density at radius 2 is 2.00 bits per heavy atom. The molecule has 0 atom stereocenters. The van der Waals surface area contributed by atoms with Gasteiger partial charge in [0.15, 0.2) is 0 Å². The van der Waals surface area contributed by atoms with Crippen molar-refractivity contribution in [3.8, 4) is 0 Å².